The van der Waals surface area contributed by atoms with E-state index in [1.807, 2.05) is 0 Å². The van der Waals surface area contributed by atoms with Gasteiger partial charge in [0.05, 0.1) is 4.90 Å². The average molecular weight is 312 g/mol. The van der Waals surface area contributed by atoms with Gasteiger partial charge in [-0.15, -0.1) is 0 Å². The molecule has 1 aromatic carbocycles. The van der Waals surface area contributed by atoms with E-state index in [1.165, 1.54) is 12.1 Å². The van der Waals surface area contributed by atoms with E-state index in [4.69, 9.17) is 5.14 Å². The molecule has 1 rings (SSSR count). The molecular weight excluding hydrogens is 288 g/mol. The van der Waals surface area contributed by atoms with Gasteiger partial charge in [-0.1, -0.05) is 27.7 Å². The number of sulfonamides is 1. The molecule has 0 aliphatic rings. The molecule has 0 unspecified atom stereocenters. The first-order valence-corrected chi connectivity index (χ1v) is 8.41. The first-order valence-electron chi connectivity index (χ1n) is 6.86. The topological polar surface area (TPSA) is 89.3 Å². The second-order valence-electron chi connectivity index (χ2n) is 6.41. The molecule has 0 aromatic heterocycles. The summed E-state index contributed by atoms with van der Waals surface area (Å²) in [5, 5.41) is 7.97. The van der Waals surface area contributed by atoms with Gasteiger partial charge >= 0.3 is 0 Å². The Labute approximate surface area is 127 Å². The Morgan fingerprint density at radius 1 is 1.29 bits per heavy atom. The maximum absolute atomic E-state index is 12.2. The zero-order chi connectivity index (χ0) is 16.4. The summed E-state index contributed by atoms with van der Waals surface area (Å²) in [5.74, 6) is 0.118. The average Bonchev–Trinajstić information content (AvgIpc) is 2.34. The van der Waals surface area contributed by atoms with Crippen molar-refractivity contribution in [2.24, 2.45) is 16.5 Å². The van der Waals surface area contributed by atoms with Crippen molar-refractivity contribution < 1.29 is 13.2 Å². The Hall–Kier alpha value is -1.40. The molecule has 0 heterocycles. The largest absolute Gasteiger partial charge is 0.351 e. The van der Waals surface area contributed by atoms with Crippen LogP contribution in [0.15, 0.2) is 23.1 Å². The van der Waals surface area contributed by atoms with E-state index in [1.54, 1.807) is 13.0 Å². The van der Waals surface area contributed by atoms with Crippen molar-refractivity contribution in [3.8, 4) is 0 Å². The van der Waals surface area contributed by atoms with Gasteiger partial charge in [-0.3, -0.25) is 4.79 Å². The molecule has 3 N–H and O–H groups in total. The molecule has 0 spiro atoms. The third kappa shape index (κ3) is 4.82. The van der Waals surface area contributed by atoms with Gasteiger partial charge in [0.2, 0.25) is 10.0 Å². The molecule has 1 aromatic rings. The van der Waals surface area contributed by atoms with Crippen molar-refractivity contribution in [3.05, 3.63) is 29.3 Å². The summed E-state index contributed by atoms with van der Waals surface area (Å²) in [7, 11) is -3.82. The lowest BCUT2D eigenvalue weighted by atomic mass is 9.81. The van der Waals surface area contributed by atoms with Crippen molar-refractivity contribution in [1.29, 1.82) is 0 Å². The molecule has 1 amide bonds. The van der Waals surface area contributed by atoms with Gasteiger partial charge in [0.1, 0.15) is 0 Å². The van der Waals surface area contributed by atoms with Crippen LogP contribution in [0.5, 0.6) is 0 Å². The van der Waals surface area contributed by atoms with Gasteiger partial charge in [0.25, 0.3) is 5.91 Å². The molecule has 0 fully saturated rings. The third-order valence-corrected chi connectivity index (χ3v) is 4.80. The fourth-order valence-corrected chi connectivity index (χ4v) is 2.30. The quantitative estimate of drug-likeness (QED) is 0.872. The molecule has 0 aliphatic heterocycles. The zero-order valence-electron chi connectivity index (χ0n) is 13.2. The Kier molecular flexibility index (Phi) is 5.17. The second-order valence-corrected chi connectivity index (χ2v) is 7.97. The number of carbonyl (C=O) groups excluding carboxylic acids is 1. The molecule has 0 atom stereocenters. The lowest BCUT2D eigenvalue weighted by Gasteiger charge is -2.29. The lowest BCUT2D eigenvalue weighted by Crippen LogP contribution is -2.37. The Balaban J connectivity index is 2.97. The van der Waals surface area contributed by atoms with E-state index in [-0.39, 0.29) is 16.2 Å². The van der Waals surface area contributed by atoms with Gasteiger partial charge in [-0.05, 0) is 42.0 Å². The minimum Gasteiger partial charge on any atom is -0.351 e. The minimum absolute atomic E-state index is 0.0394. The molecule has 0 saturated carbocycles. The first kappa shape index (κ1) is 17.7. The predicted octanol–water partition coefficient (Wildman–Crippen LogP) is 2.05. The number of nitrogens with one attached hydrogen (secondary N) is 1. The second kappa shape index (κ2) is 6.15. The SMILES string of the molecule is Cc1cc(C(=O)NCC(C)(C)C(C)C)cc(S(N)(=O)=O)c1. The number of benzene rings is 1. The lowest BCUT2D eigenvalue weighted by molar-refractivity contribution is 0.0924. The maximum Gasteiger partial charge on any atom is 0.251 e. The summed E-state index contributed by atoms with van der Waals surface area (Å²) in [6.45, 7) is 10.6. The zero-order valence-corrected chi connectivity index (χ0v) is 14.0. The summed E-state index contributed by atoms with van der Waals surface area (Å²) in [6.07, 6.45) is 0. The summed E-state index contributed by atoms with van der Waals surface area (Å²) < 4.78 is 22.8. The van der Waals surface area contributed by atoms with Crippen LogP contribution in [0, 0.1) is 18.3 Å². The molecule has 0 saturated heterocycles. The smallest absolute Gasteiger partial charge is 0.251 e. The van der Waals surface area contributed by atoms with Crippen LogP contribution in [0.3, 0.4) is 0 Å². The van der Waals surface area contributed by atoms with Gasteiger partial charge in [0, 0.05) is 12.1 Å². The van der Waals surface area contributed by atoms with Gasteiger partial charge in [-0.25, -0.2) is 13.6 Å². The molecule has 0 bridgehead atoms. The fraction of sp³-hybridized carbons (Fsp3) is 0.533. The van der Waals surface area contributed by atoms with E-state index in [2.05, 4.69) is 33.0 Å². The Bertz CT molecular complexity index is 634. The maximum atomic E-state index is 12.2. The number of rotatable bonds is 5. The molecule has 5 nitrogen and oxygen atoms in total. The minimum atomic E-state index is -3.82. The first-order chi connectivity index (χ1) is 9.43. The van der Waals surface area contributed by atoms with Crippen LogP contribution in [0.25, 0.3) is 0 Å². The fourth-order valence-electron chi connectivity index (χ4n) is 1.66. The van der Waals surface area contributed by atoms with Crippen LogP contribution in [0.4, 0.5) is 0 Å². The van der Waals surface area contributed by atoms with Crippen LogP contribution >= 0.6 is 0 Å². The van der Waals surface area contributed by atoms with E-state index in [0.717, 1.165) is 0 Å². The van der Waals surface area contributed by atoms with Crippen LogP contribution in [-0.2, 0) is 10.0 Å². The highest BCUT2D eigenvalue weighted by Gasteiger charge is 2.23. The monoisotopic (exact) mass is 312 g/mol. The summed E-state index contributed by atoms with van der Waals surface area (Å²) >= 11 is 0. The third-order valence-electron chi connectivity index (χ3n) is 3.91. The van der Waals surface area contributed by atoms with E-state index < -0.39 is 10.0 Å². The number of nitrogens with two attached hydrogens (primary N) is 1. The highest BCUT2D eigenvalue weighted by Crippen LogP contribution is 2.24. The van der Waals surface area contributed by atoms with Crippen LogP contribution in [0.1, 0.15) is 43.6 Å². The molecular formula is C15H24N2O3S. The molecule has 6 heteroatoms. The van der Waals surface area contributed by atoms with Crippen LogP contribution in [0.2, 0.25) is 0 Å². The number of hydrogen-bond acceptors (Lipinski definition) is 3. The van der Waals surface area contributed by atoms with Gasteiger partial charge < -0.3 is 5.32 Å². The molecule has 0 radical (unpaired) electrons. The highest BCUT2D eigenvalue weighted by molar-refractivity contribution is 7.89. The van der Waals surface area contributed by atoms with Crippen molar-refractivity contribution >= 4 is 15.9 Å². The number of aryl methyl sites for hydroxylation is 1. The Morgan fingerprint density at radius 3 is 2.33 bits per heavy atom. The van der Waals surface area contributed by atoms with E-state index >= 15 is 0 Å². The summed E-state index contributed by atoms with van der Waals surface area (Å²) in [4.78, 5) is 12.2. The van der Waals surface area contributed by atoms with Crippen molar-refractivity contribution in [2.75, 3.05) is 6.54 Å². The molecule has 21 heavy (non-hydrogen) atoms. The number of carbonyl (C=O) groups is 1. The predicted molar refractivity (Wildman–Crippen MR) is 83.5 cm³/mol. The Morgan fingerprint density at radius 2 is 1.86 bits per heavy atom. The number of amides is 1. The van der Waals surface area contributed by atoms with Crippen molar-refractivity contribution in [3.63, 3.8) is 0 Å². The van der Waals surface area contributed by atoms with E-state index in [9.17, 15) is 13.2 Å². The standard InChI is InChI=1S/C15H24N2O3S/c1-10(2)15(4,5)9-17-14(18)12-6-11(3)7-13(8-12)21(16,19)20/h6-8,10H,9H2,1-5H3,(H,17,18)(H2,16,19,20). The van der Waals surface area contributed by atoms with Crippen molar-refractivity contribution in [2.45, 2.75) is 39.5 Å². The van der Waals surface area contributed by atoms with Crippen LogP contribution < -0.4 is 10.5 Å². The van der Waals surface area contributed by atoms with E-state index in [0.29, 0.717) is 23.6 Å². The van der Waals surface area contributed by atoms with Gasteiger partial charge in [-0.2, -0.15) is 0 Å². The summed E-state index contributed by atoms with van der Waals surface area (Å²) in [6, 6.07) is 4.40. The summed E-state index contributed by atoms with van der Waals surface area (Å²) in [5.41, 5.74) is 0.941. The molecule has 118 valence electrons. The normalized spacial score (nSPS) is 12.5. The number of hydrogen-bond donors (Lipinski definition) is 2. The molecule has 0 aliphatic carbocycles. The highest BCUT2D eigenvalue weighted by atomic mass is 32.2. The number of primary sulfonamides is 1. The van der Waals surface area contributed by atoms with Crippen LogP contribution in [-0.4, -0.2) is 20.9 Å². The van der Waals surface area contributed by atoms with Crippen molar-refractivity contribution in [1.82, 2.24) is 5.32 Å². The van der Waals surface area contributed by atoms with Gasteiger partial charge in [0.15, 0.2) is 0 Å².